The number of hydrogen-bond acceptors (Lipinski definition) is 2. The van der Waals surface area contributed by atoms with E-state index in [1.54, 1.807) is 0 Å². The van der Waals surface area contributed by atoms with Gasteiger partial charge in [-0.05, 0) is 37.3 Å². The van der Waals surface area contributed by atoms with Crippen molar-refractivity contribution in [3.63, 3.8) is 0 Å². The van der Waals surface area contributed by atoms with E-state index < -0.39 is 0 Å². The summed E-state index contributed by atoms with van der Waals surface area (Å²) in [5.41, 5.74) is 2.09. The van der Waals surface area contributed by atoms with Gasteiger partial charge in [0.05, 0.1) is 0 Å². The highest BCUT2D eigenvalue weighted by molar-refractivity contribution is 5.96. The zero-order chi connectivity index (χ0) is 16.2. The van der Waals surface area contributed by atoms with Crippen molar-refractivity contribution in [2.24, 2.45) is 5.92 Å². The van der Waals surface area contributed by atoms with Gasteiger partial charge in [-0.3, -0.25) is 9.59 Å². The van der Waals surface area contributed by atoms with E-state index in [4.69, 9.17) is 0 Å². The molecule has 0 spiro atoms. The van der Waals surface area contributed by atoms with Gasteiger partial charge in [-0.25, -0.2) is 0 Å². The zero-order valence-corrected chi connectivity index (χ0v) is 13.9. The molecule has 1 aliphatic heterocycles. The summed E-state index contributed by atoms with van der Waals surface area (Å²) in [5, 5.41) is 2.96. The number of anilines is 1. The maximum absolute atomic E-state index is 12.4. The van der Waals surface area contributed by atoms with E-state index in [2.05, 4.69) is 11.4 Å². The monoisotopic (exact) mass is 314 g/mol. The molecule has 4 nitrogen and oxygen atoms in total. The Morgan fingerprint density at radius 3 is 2.74 bits per heavy atom. The molecule has 0 radical (unpaired) electrons. The third-order valence-electron chi connectivity index (χ3n) is 5.33. The molecule has 1 heterocycles. The minimum absolute atomic E-state index is 0.0526. The topological polar surface area (TPSA) is 49.4 Å². The second-order valence-corrected chi connectivity index (χ2v) is 6.88. The van der Waals surface area contributed by atoms with Gasteiger partial charge in [0.25, 0.3) is 0 Å². The molecule has 1 aromatic carbocycles. The van der Waals surface area contributed by atoms with E-state index in [0.717, 1.165) is 24.9 Å². The molecule has 23 heavy (non-hydrogen) atoms. The predicted octanol–water partition coefficient (Wildman–Crippen LogP) is 3.37. The zero-order valence-electron chi connectivity index (χ0n) is 13.9. The number of benzene rings is 1. The number of carbonyl (C=O) groups excluding carboxylic acids is 2. The van der Waals surface area contributed by atoms with Crippen LogP contribution in [0.15, 0.2) is 24.3 Å². The largest absolute Gasteiger partial charge is 0.343 e. The number of rotatable bonds is 4. The number of fused-ring (bicyclic) bond motifs is 1. The second-order valence-electron chi connectivity index (χ2n) is 6.88. The summed E-state index contributed by atoms with van der Waals surface area (Å²) in [4.78, 5) is 26.6. The number of para-hydroxylation sites is 1. The molecule has 2 aliphatic rings. The van der Waals surface area contributed by atoms with E-state index in [0.29, 0.717) is 18.9 Å². The van der Waals surface area contributed by atoms with E-state index in [-0.39, 0.29) is 17.7 Å². The van der Waals surface area contributed by atoms with Crippen LogP contribution in [0.25, 0.3) is 0 Å². The molecule has 1 N–H and O–H groups in total. The van der Waals surface area contributed by atoms with Crippen LogP contribution < -0.4 is 5.32 Å². The van der Waals surface area contributed by atoms with Crippen molar-refractivity contribution in [1.29, 1.82) is 0 Å². The number of carbonyl (C=O) groups is 2. The standard InChI is InChI=1S/C19H26N2O2/c1-21(16-8-3-2-4-9-16)18(22)12-11-15-13-14-7-5-6-10-17(14)20-19(15)23/h5-7,10,15-16H,2-4,8-9,11-13H2,1H3,(H,20,23). The average Bonchev–Trinajstić information content (AvgIpc) is 2.59. The number of hydrogen-bond donors (Lipinski definition) is 1. The van der Waals surface area contributed by atoms with Crippen molar-refractivity contribution >= 4 is 17.5 Å². The van der Waals surface area contributed by atoms with Gasteiger partial charge in [0.2, 0.25) is 11.8 Å². The maximum atomic E-state index is 12.4. The molecular formula is C19H26N2O2. The Bertz CT molecular complexity index is 578. The second kappa shape index (κ2) is 7.16. The average molecular weight is 314 g/mol. The van der Waals surface area contributed by atoms with Crippen LogP contribution >= 0.6 is 0 Å². The van der Waals surface area contributed by atoms with E-state index >= 15 is 0 Å². The van der Waals surface area contributed by atoms with Crippen molar-refractivity contribution in [3.05, 3.63) is 29.8 Å². The summed E-state index contributed by atoms with van der Waals surface area (Å²) in [6.45, 7) is 0. The van der Waals surface area contributed by atoms with Crippen LogP contribution in [-0.2, 0) is 16.0 Å². The quantitative estimate of drug-likeness (QED) is 0.926. The molecule has 0 saturated heterocycles. The van der Waals surface area contributed by atoms with Gasteiger partial charge in [-0.2, -0.15) is 0 Å². The van der Waals surface area contributed by atoms with Gasteiger partial charge in [-0.1, -0.05) is 37.5 Å². The molecule has 124 valence electrons. The summed E-state index contributed by atoms with van der Waals surface area (Å²) in [7, 11) is 1.93. The molecule has 1 aromatic rings. The Kier molecular flexibility index (Phi) is 4.99. The fraction of sp³-hybridized carbons (Fsp3) is 0.579. The SMILES string of the molecule is CN(C(=O)CCC1Cc2ccccc2NC1=O)C1CCCCC1. The van der Waals surface area contributed by atoms with Gasteiger partial charge < -0.3 is 10.2 Å². The van der Waals surface area contributed by atoms with Crippen LogP contribution in [0.2, 0.25) is 0 Å². The number of nitrogens with one attached hydrogen (secondary N) is 1. The van der Waals surface area contributed by atoms with Crippen molar-refractivity contribution in [3.8, 4) is 0 Å². The Morgan fingerprint density at radius 2 is 1.96 bits per heavy atom. The molecule has 1 unspecified atom stereocenters. The van der Waals surface area contributed by atoms with Crippen LogP contribution in [0.5, 0.6) is 0 Å². The Labute approximate surface area is 138 Å². The summed E-state index contributed by atoms with van der Waals surface area (Å²) >= 11 is 0. The molecule has 0 bridgehead atoms. The molecule has 0 aromatic heterocycles. The highest BCUT2D eigenvalue weighted by Gasteiger charge is 2.28. The van der Waals surface area contributed by atoms with Crippen molar-refractivity contribution in [1.82, 2.24) is 4.90 Å². The molecule has 1 fully saturated rings. The fourth-order valence-electron chi connectivity index (χ4n) is 3.79. The fourth-order valence-corrected chi connectivity index (χ4v) is 3.79. The van der Waals surface area contributed by atoms with E-state index in [9.17, 15) is 9.59 Å². The lowest BCUT2D eigenvalue weighted by Crippen LogP contribution is -2.39. The van der Waals surface area contributed by atoms with Gasteiger partial charge in [0.1, 0.15) is 0 Å². The lowest BCUT2D eigenvalue weighted by Gasteiger charge is -2.32. The molecule has 1 atom stereocenters. The molecule has 1 saturated carbocycles. The summed E-state index contributed by atoms with van der Waals surface area (Å²) in [6.07, 6.45) is 7.83. The first-order valence-corrected chi connectivity index (χ1v) is 8.79. The van der Waals surface area contributed by atoms with Gasteiger partial charge in [0, 0.05) is 31.1 Å². The molecule has 3 rings (SSSR count). The highest BCUT2D eigenvalue weighted by atomic mass is 16.2. The first-order chi connectivity index (χ1) is 11.1. The van der Waals surface area contributed by atoms with Crippen LogP contribution in [0.3, 0.4) is 0 Å². The maximum Gasteiger partial charge on any atom is 0.227 e. The van der Waals surface area contributed by atoms with Crippen molar-refractivity contribution in [2.45, 2.75) is 57.4 Å². The summed E-state index contributed by atoms with van der Waals surface area (Å²) < 4.78 is 0. The Balaban J connectivity index is 1.53. The van der Waals surface area contributed by atoms with Crippen LogP contribution in [0.1, 0.15) is 50.5 Å². The van der Waals surface area contributed by atoms with Crippen molar-refractivity contribution < 1.29 is 9.59 Å². The normalized spacial score (nSPS) is 21.4. The molecule has 2 amide bonds. The third-order valence-corrected chi connectivity index (χ3v) is 5.33. The molecule has 4 heteroatoms. The van der Waals surface area contributed by atoms with Gasteiger partial charge in [-0.15, -0.1) is 0 Å². The van der Waals surface area contributed by atoms with Crippen LogP contribution in [0.4, 0.5) is 5.69 Å². The first kappa shape index (κ1) is 16.0. The van der Waals surface area contributed by atoms with Gasteiger partial charge >= 0.3 is 0 Å². The lowest BCUT2D eigenvalue weighted by atomic mass is 9.89. The summed E-state index contributed by atoms with van der Waals surface area (Å²) in [6, 6.07) is 8.32. The minimum Gasteiger partial charge on any atom is -0.343 e. The molecule has 1 aliphatic carbocycles. The third kappa shape index (κ3) is 3.74. The van der Waals surface area contributed by atoms with E-state index in [1.807, 2.05) is 30.1 Å². The van der Waals surface area contributed by atoms with Crippen LogP contribution in [-0.4, -0.2) is 29.8 Å². The lowest BCUT2D eigenvalue weighted by molar-refractivity contribution is -0.133. The predicted molar refractivity (Wildman–Crippen MR) is 91.1 cm³/mol. The van der Waals surface area contributed by atoms with Gasteiger partial charge in [0.15, 0.2) is 0 Å². The number of amides is 2. The van der Waals surface area contributed by atoms with E-state index in [1.165, 1.54) is 24.8 Å². The Morgan fingerprint density at radius 1 is 1.22 bits per heavy atom. The molecular weight excluding hydrogens is 288 g/mol. The minimum atomic E-state index is -0.0893. The summed E-state index contributed by atoms with van der Waals surface area (Å²) in [5.74, 6) is 0.147. The number of nitrogens with zero attached hydrogens (tertiary/aromatic N) is 1. The highest BCUT2D eigenvalue weighted by Crippen LogP contribution is 2.28. The Hall–Kier alpha value is -1.84. The van der Waals surface area contributed by atoms with Crippen LogP contribution in [0, 0.1) is 5.92 Å². The smallest absolute Gasteiger partial charge is 0.227 e. The first-order valence-electron chi connectivity index (χ1n) is 8.79. The van der Waals surface area contributed by atoms with Crippen molar-refractivity contribution in [2.75, 3.05) is 12.4 Å².